The highest BCUT2D eigenvalue weighted by Crippen LogP contribution is 2.39. The van der Waals surface area contributed by atoms with Gasteiger partial charge in [-0.25, -0.2) is 4.98 Å². The fourth-order valence-corrected chi connectivity index (χ4v) is 5.62. The van der Waals surface area contributed by atoms with E-state index in [0.717, 1.165) is 21.6 Å². The van der Waals surface area contributed by atoms with Crippen LogP contribution >= 0.6 is 0 Å². The maximum Gasteiger partial charge on any atom is 0.252 e. The number of H-pyrrole nitrogens is 1. The number of hydrogen-bond acceptors (Lipinski definition) is 5. The van der Waals surface area contributed by atoms with Gasteiger partial charge in [0.25, 0.3) is 5.56 Å². The van der Waals surface area contributed by atoms with Gasteiger partial charge in [-0.05, 0) is 74.6 Å². The molecule has 1 aliphatic rings. The summed E-state index contributed by atoms with van der Waals surface area (Å²) >= 11 is 0. The molecule has 0 fully saturated rings. The SMILES string of the molecule is CCS(=O)c1ccc(CC(=O)Nc2cc(C)c3c(n2)CCC(C)(c2c(C)cc[nH]c2=O)C3=O)cc1. The van der Waals surface area contributed by atoms with Gasteiger partial charge >= 0.3 is 0 Å². The van der Waals surface area contributed by atoms with E-state index in [9.17, 15) is 18.6 Å². The molecule has 3 aromatic rings. The first kappa shape index (κ1) is 24.7. The van der Waals surface area contributed by atoms with Crippen LogP contribution in [-0.4, -0.2) is 31.6 Å². The summed E-state index contributed by atoms with van der Waals surface area (Å²) in [5, 5.41) is 2.84. The molecular weight excluding hydrogens is 462 g/mol. The standard InChI is InChI=1S/C27H29N3O4S/c1-5-35(34)19-8-6-18(7-9-19)15-22(31)30-21-14-17(3)23-20(29-21)10-12-27(4,25(23)32)24-16(2)11-13-28-26(24)33/h6-9,11,13-14H,5,10,12,15H2,1-4H3,(H,28,33)(H,29,30,31). The second kappa shape index (κ2) is 9.70. The van der Waals surface area contributed by atoms with Crippen LogP contribution in [0.25, 0.3) is 0 Å². The number of aromatic nitrogens is 2. The highest BCUT2D eigenvalue weighted by atomic mass is 32.2. The maximum absolute atomic E-state index is 13.6. The number of anilines is 1. The minimum atomic E-state index is -1.03. The molecular formula is C27H29N3O4S. The first-order valence-electron chi connectivity index (χ1n) is 11.6. The van der Waals surface area contributed by atoms with Crippen LogP contribution in [0.4, 0.5) is 5.82 Å². The molecule has 4 rings (SSSR count). The second-order valence-corrected chi connectivity index (χ2v) is 10.9. The number of pyridine rings is 2. The maximum atomic E-state index is 13.6. The van der Waals surface area contributed by atoms with Gasteiger partial charge in [0.05, 0.1) is 28.3 Å². The number of ketones is 1. The molecule has 1 aromatic carbocycles. The molecule has 0 saturated heterocycles. The molecule has 1 aliphatic carbocycles. The zero-order chi connectivity index (χ0) is 25.3. The molecule has 0 saturated carbocycles. The van der Waals surface area contributed by atoms with E-state index in [-0.39, 0.29) is 23.7 Å². The number of fused-ring (bicyclic) bond motifs is 1. The molecule has 0 bridgehead atoms. The minimum absolute atomic E-state index is 0.119. The molecule has 2 atom stereocenters. The van der Waals surface area contributed by atoms with E-state index >= 15 is 0 Å². The lowest BCUT2D eigenvalue weighted by atomic mass is 9.67. The Morgan fingerprint density at radius 2 is 1.86 bits per heavy atom. The Balaban J connectivity index is 1.55. The number of hydrogen-bond donors (Lipinski definition) is 2. The smallest absolute Gasteiger partial charge is 0.252 e. The second-order valence-electron chi connectivity index (χ2n) is 9.18. The van der Waals surface area contributed by atoms with Crippen LogP contribution in [0, 0.1) is 13.8 Å². The normalized spacial score (nSPS) is 18.1. The van der Waals surface area contributed by atoms with Gasteiger partial charge < -0.3 is 10.3 Å². The van der Waals surface area contributed by atoms with Gasteiger partial charge in [0.15, 0.2) is 5.78 Å². The number of aromatic amines is 1. The van der Waals surface area contributed by atoms with Crippen molar-refractivity contribution in [1.29, 1.82) is 0 Å². The Bertz CT molecular complexity index is 1390. The van der Waals surface area contributed by atoms with Crippen molar-refractivity contribution in [2.45, 2.75) is 57.3 Å². The Kier molecular flexibility index (Phi) is 6.85. The molecule has 2 aromatic heterocycles. The van der Waals surface area contributed by atoms with Crippen LogP contribution in [0.5, 0.6) is 0 Å². The molecule has 0 spiro atoms. The number of amides is 1. The Morgan fingerprint density at radius 1 is 1.14 bits per heavy atom. The summed E-state index contributed by atoms with van der Waals surface area (Å²) in [5.74, 6) is 0.609. The molecule has 2 N–H and O–H groups in total. The van der Waals surface area contributed by atoms with Crippen molar-refractivity contribution in [3.63, 3.8) is 0 Å². The average molecular weight is 492 g/mol. The summed E-state index contributed by atoms with van der Waals surface area (Å²) in [6.45, 7) is 7.36. The predicted molar refractivity (Wildman–Crippen MR) is 137 cm³/mol. The number of aryl methyl sites for hydroxylation is 3. The number of benzene rings is 1. The minimum Gasteiger partial charge on any atom is -0.329 e. The lowest BCUT2D eigenvalue weighted by molar-refractivity contribution is -0.115. The summed E-state index contributed by atoms with van der Waals surface area (Å²) in [6.07, 6.45) is 2.73. The van der Waals surface area contributed by atoms with E-state index < -0.39 is 16.2 Å². The number of nitrogens with zero attached hydrogens (tertiary/aromatic N) is 1. The first-order valence-corrected chi connectivity index (χ1v) is 13.0. The molecule has 8 heteroatoms. The van der Waals surface area contributed by atoms with Crippen LogP contribution in [0.1, 0.15) is 58.6 Å². The highest BCUT2D eigenvalue weighted by molar-refractivity contribution is 7.85. The first-order chi connectivity index (χ1) is 16.6. The highest BCUT2D eigenvalue weighted by Gasteiger charge is 2.43. The molecule has 182 valence electrons. The van der Waals surface area contributed by atoms with Crippen molar-refractivity contribution in [1.82, 2.24) is 9.97 Å². The van der Waals surface area contributed by atoms with Crippen molar-refractivity contribution in [3.05, 3.63) is 86.5 Å². The van der Waals surface area contributed by atoms with Crippen molar-refractivity contribution in [2.75, 3.05) is 11.1 Å². The number of nitrogens with one attached hydrogen (secondary N) is 2. The molecule has 0 aliphatic heterocycles. The van der Waals surface area contributed by atoms with Gasteiger partial charge in [-0.15, -0.1) is 0 Å². The lowest BCUT2D eigenvalue weighted by Crippen LogP contribution is -2.43. The van der Waals surface area contributed by atoms with Gasteiger partial charge in [0.1, 0.15) is 5.82 Å². The third-order valence-corrected chi connectivity index (χ3v) is 8.01. The quantitative estimate of drug-likeness (QED) is 0.545. The zero-order valence-electron chi connectivity index (χ0n) is 20.4. The van der Waals surface area contributed by atoms with E-state index in [1.807, 2.05) is 33.8 Å². The Hall–Kier alpha value is -3.39. The van der Waals surface area contributed by atoms with E-state index in [0.29, 0.717) is 41.2 Å². The van der Waals surface area contributed by atoms with Gasteiger partial charge in [-0.2, -0.15) is 0 Å². The fourth-order valence-electron chi connectivity index (χ4n) is 4.85. The summed E-state index contributed by atoms with van der Waals surface area (Å²) in [4.78, 5) is 46.9. The van der Waals surface area contributed by atoms with Gasteiger partial charge in [0, 0.05) is 28.0 Å². The van der Waals surface area contributed by atoms with Crippen molar-refractivity contribution < 1.29 is 13.8 Å². The molecule has 0 radical (unpaired) electrons. The molecule has 7 nitrogen and oxygen atoms in total. The van der Waals surface area contributed by atoms with Gasteiger partial charge in [-0.1, -0.05) is 19.1 Å². The van der Waals surface area contributed by atoms with Crippen LogP contribution in [-0.2, 0) is 33.9 Å². The van der Waals surface area contributed by atoms with Crippen molar-refractivity contribution in [2.24, 2.45) is 0 Å². The monoisotopic (exact) mass is 491 g/mol. The topological polar surface area (TPSA) is 109 Å². The summed E-state index contributed by atoms with van der Waals surface area (Å²) in [7, 11) is -1.03. The third-order valence-electron chi connectivity index (χ3n) is 6.68. The van der Waals surface area contributed by atoms with Gasteiger partial charge in [-0.3, -0.25) is 18.6 Å². The lowest BCUT2D eigenvalue weighted by Gasteiger charge is -2.34. The van der Waals surface area contributed by atoms with Crippen LogP contribution in [0.2, 0.25) is 0 Å². The fraction of sp³-hybridized carbons (Fsp3) is 0.333. The number of carbonyl (C=O) groups is 2. The van der Waals surface area contributed by atoms with E-state index in [1.54, 1.807) is 36.5 Å². The van der Waals surface area contributed by atoms with E-state index in [4.69, 9.17) is 0 Å². The zero-order valence-corrected chi connectivity index (χ0v) is 21.2. The van der Waals surface area contributed by atoms with Crippen molar-refractivity contribution in [3.8, 4) is 0 Å². The number of carbonyl (C=O) groups excluding carboxylic acids is 2. The molecule has 1 amide bonds. The third kappa shape index (κ3) is 4.75. The largest absolute Gasteiger partial charge is 0.329 e. The number of rotatable bonds is 6. The molecule has 2 unspecified atom stereocenters. The summed E-state index contributed by atoms with van der Waals surface area (Å²) < 4.78 is 11.9. The average Bonchev–Trinajstić information content (AvgIpc) is 2.81. The molecule has 2 heterocycles. The van der Waals surface area contributed by atoms with Crippen molar-refractivity contribution >= 4 is 28.3 Å². The molecule has 35 heavy (non-hydrogen) atoms. The van der Waals surface area contributed by atoms with E-state index in [2.05, 4.69) is 15.3 Å². The number of Topliss-reactive ketones (excluding diaryl/α,β-unsaturated/α-hetero) is 1. The Morgan fingerprint density at radius 3 is 2.51 bits per heavy atom. The summed E-state index contributed by atoms with van der Waals surface area (Å²) in [6, 6.07) is 10.7. The predicted octanol–water partition coefficient (Wildman–Crippen LogP) is 3.78. The van der Waals surface area contributed by atoms with Crippen LogP contribution in [0.3, 0.4) is 0 Å². The Labute approximate surface area is 206 Å². The van der Waals surface area contributed by atoms with Gasteiger partial charge in [0.2, 0.25) is 5.91 Å². The van der Waals surface area contributed by atoms with E-state index in [1.165, 1.54) is 0 Å². The van der Waals surface area contributed by atoms with Crippen LogP contribution in [0.15, 0.2) is 52.3 Å². The van der Waals surface area contributed by atoms with Crippen LogP contribution < -0.4 is 10.9 Å². The summed E-state index contributed by atoms with van der Waals surface area (Å²) in [5.41, 5.74) is 2.81.